The highest BCUT2D eigenvalue weighted by Gasteiger charge is 2.54. The second kappa shape index (κ2) is 12.3. The summed E-state index contributed by atoms with van der Waals surface area (Å²) in [5.74, 6) is 0. The Kier molecular flexibility index (Phi) is 6.94. The van der Waals surface area contributed by atoms with E-state index < -0.39 is 5.41 Å². The zero-order chi connectivity index (χ0) is 39.7. The van der Waals surface area contributed by atoms with Crippen LogP contribution in [0, 0.1) is 0 Å². The molecule has 1 aliphatic heterocycles. The molecule has 2 heteroatoms. The lowest BCUT2D eigenvalue weighted by atomic mass is 9.70. The molecular formula is C58H39NS. The number of thiophene rings is 1. The molecule has 2 heterocycles. The fraction of sp³-hybridized carbons (Fsp3) is 0.0690. The molecule has 3 aliphatic rings. The molecule has 0 saturated heterocycles. The van der Waals surface area contributed by atoms with Gasteiger partial charge >= 0.3 is 0 Å². The van der Waals surface area contributed by atoms with Crippen LogP contribution in [-0.2, 0) is 10.8 Å². The summed E-state index contributed by atoms with van der Waals surface area (Å²) in [6.07, 6.45) is 0. The zero-order valence-electron chi connectivity index (χ0n) is 33.4. The van der Waals surface area contributed by atoms with Gasteiger partial charge < -0.3 is 4.90 Å². The molecule has 1 atom stereocenters. The normalized spacial score (nSPS) is 16.3. The predicted molar refractivity (Wildman–Crippen MR) is 253 cm³/mol. The van der Waals surface area contributed by atoms with Gasteiger partial charge in [0.2, 0.25) is 0 Å². The quantitative estimate of drug-likeness (QED) is 0.173. The number of fused-ring (bicyclic) bond motifs is 16. The molecule has 10 aromatic rings. The van der Waals surface area contributed by atoms with E-state index in [2.05, 4.69) is 219 Å². The van der Waals surface area contributed by atoms with Gasteiger partial charge in [0.15, 0.2) is 0 Å². The van der Waals surface area contributed by atoms with Gasteiger partial charge in [-0.2, -0.15) is 0 Å². The zero-order valence-corrected chi connectivity index (χ0v) is 34.2. The highest BCUT2D eigenvalue weighted by Crippen LogP contribution is 2.67. The third kappa shape index (κ3) is 4.36. The maximum atomic E-state index is 2.59. The van der Waals surface area contributed by atoms with Crippen molar-refractivity contribution >= 4 is 48.6 Å². The van der Waals surface area contributed by atoms with Crippen molar-refractivity contribution in [2.24, 2.45) is 0 Å². The Balaban J connectivity index is 1.13. The summed E-state index contributed by atoms with van der Waals surface area (Å²) in [6, 6.07) is 75.3. The molecule has 2 aliphatic carbocycles. The summed E-state index contributed by atoms with van der Waals surface area (Å²) in [4.78, 5) is 2.59. The number of benzene rings is 9. The maximum Gasteiger partial charge on any atom is 0.0740 e. The van der Waals surface area contributed by atoms with Gasteiger partial charge in [0.05, 0.1) is 22.5 Å². The third-order valence-electron chi connectivity index (χ3n) is 13.9. The molecule has 0 radical (unpaired) electrons. The summed E-state index contributed by atoms with van der Waals surface area (Å²) in [7, 11) is 0. The fourth-order valence-electron chi connectivity index (χ4n) is 11.2. The minimum atomic E-state index is -0.483. The Morgan fingerprint density at radius 3 is 1.63 bits per heavy atom. The highest BCUT2D eigenvalue weighted by molar-refractivity contribution is 7.26. The fourth-order valence-corrected chi connectivity index (χ4v) is 12.5. The van der Waals surface area contributed by atoms with E-state index in [0.717, 1.165) is 0 Å². The summed E-state index contributed by atoms with van der Waals surface area (Å²) in [5, 5.41) is 2.67. The molecule has 1 aromatic heterocycles. The Hall–Kier alpha value is -7.00. The van der Waals surface area contributed by atoms with Crippen molar-refractivity contribution in [3.05, 3.63) is 234 Å². The van der Waals surface area contributed by atoms with E-state index >= 15 is 0 Å². The van der Waals surface area contributed by atoms with E-state index in [1.807, 2.05) is 11.3 Å². The Morgan fingerprint density at radius 1 is 0.383 bits per heavy atom. The van der Waals surface area contributed by atoms with E-state index in [9.17, 15) is 0 Å². The van der Waals surface area contributed by atoms with Gasteiger partial charge in [0.1, 0.15) is 0 Å². The van der Waals surface area contributed by atoms with Crippen LogP contribution in [0.2, 0.25) is 0 Å². The Labute approximate surface area is 354 Å². The number of rotatable bonds is 3. The molecule has 0 bridgehead atoms. The van der Waals surface area contributed by atoms with Crippen molar-refractivity contribution in [2.45, 2.75) is 24.7 Å². The number of hydrogen-bond donors (Lipinski definition) is 0. The summed E-state index contributed by atoms with van der Waals surface area (Å²) in [5.41, 5.74) is 21.3. The van der Waals surface area contributed by atoms with Crippen LogP contribution >= 0.6 is 11.3 Å². The summed E-state index contributed by atoms with van der Waals surface area (Å²) in [6.45, 7) is 4.82. The van der Waals surface area contributed by atoms with Crippen LogP contribution in [0.1, 0.15) is 47.2 Å². The molecule has 0 saturated carbocycles. The Morgan fingerprint density at radius 2 is 0.950 bits per heavy atom. The number of nitrogens with zero attached hydrogens (tertiary/aromatic N) is 1. The molecule has 282 valence electrons. The molecule has 1 nitrogen and oxygen atoms in total. The second-order valence-corrected chi connectivity index (χ2v) is 18.2. The van der Waals surface area contributed by atoms with Gasteiger partial charge in [-0.15, -0.1) is 11.3 Å². The molecule has 0 fully saturated rings. The molecule has 9 aromatic carbocycles. The standard InChI is InChI=1S/C58H39NS/c1-57(2)48-34-38(36-16-5-3-6-17-36)28-32-50(48)59(51-33-29-39(35-49(51)57)37-18-7-4-8-19-37)52-26-15-25-47-54(52)44-22-10-13-24-46(44)58(47)45-23-12-9-20-40(45)42-30-31-43-41-21-11-14-27-53(41)60-56(43)55(42)58/h3-35H,1-2H3. The van der Waals surface area contributed by atoms with Crippen LogP contribution in [0.15, 0.2) is 200 Å². The van der Waals surface area contributed by atoms with Gasteiger partial charge in [-0.3, -0.25) is 0 Å². The lowest BCUT2D eigenvalue weighted by Crippen LogP contribution is -2.31. The third-order valence-corrected chi connectivity index (χ3v) is 15.1. The van der Waals surface area contributed by atoms with E-state index in [-0.39, 0.29) is 5.41 Å². The summed E-state index contributed by atoms with van der Waals surface area (Å²) < 4.78 is 2.72. The minimum absolute atomic E-state index is 0.274. The van der Waals surface area contributed by atoms with Crippen LogP contribution in [-0.4, -0.2) is 0 Å². The van der Waals surface area contributed by atoms with Crippen molar-refractivity contribution in [1.82, 2.24) is 0 Å². The van der Waals surface area contributed by atoms with Gasteiger partial charge in [-0.1, -0.05) is 178 Å². The monoisotopic (exact) mass is 781 g/mol. The van der Waals surface area contributed by atoms with E-state index in [0.29, 0.717) is 0 Å². The Bertz CT molecular complexity index is 3320. The largest absolute Gasteiger partial charge is 0.309 e. The van der Waals surface area contributed by atoms with Gasteiger partial charge in [0.25, 0.3) is 0 Å². The molecule has 0 amide bonds. The number of anilines is 3. The van der Waals surface area contributed by atoms with Crippen LogP contribution in [0.5, 0.6) is 0 Å². The van der Waals surface area contributed by atoms with Crippen molar-refractivity contribution < 1.29 is 0 Å². The smallest absolute Gasteiger partial charge is 0.0740 e. The van der Waals surface area contributed by atoms with Crippen LogP contribution in [0.25, 0.3) is 64.7 Å². The van der Waals surface area contributed by atoms with Crippen molar-refractivity contribution in [3.8, 4) is 44.5 Å². The highest BCUT2D eigenvalue weighted by atomic mass is 32.1. The molecule has 1 spiro atoms. The van der Waals surface area contributed by atoms with Crippen LogP contribution in [0.3, 0.4) is 0 Å². The lowest BCUT2D eigenvalue weighted by Gasteiger charge is -2.43. The minimum Gasteiger partial charge on any atom is -0.309 e. The maximum absolute atomic E-state index is 2.59. The van der Waals surface area contributed by atoms with E-state index in [1.54, 1.807) is 0 Å². The first-order chi connectivity index (χ1) is 29.5. The predicted octanol–water partition coefficient (Wildman–Crippen LogP) is 15.8. The molecule has 60 heavy (non-hydrogen) atoms. The average molecular weight is 782 g/mol. The molecule has 0 N–H and O–H groups in total. The summed E-state index contributed by atoms with van der Waals surface area (Å²) >= 11 is 1.95. The van der Waals surface area contributed by atoms with Crippen LogP contribution in [0.4, 0.5) is 17.1 Å². The van der Waals surface area contributed by atoms with Crippen LogP contribution < -0.4 is 4.90 Å². The first-order valence-electron chi connectivity index (χ1n) is 21.0. The van der Waals surface area contributed by atoms with Crippen molar-refractivity contribution in [1.29, 1.82) is 0 Å². The van der Waals surface area contributed by atoms with Crippen molar-refractivity contribution in [2.75, 3.05) is 4.90 Å². The van der Waals surface area contributed by atoms with E-state index in [1.165, 1.54) is 115 Å². The topological polar surface area (TPSA) is 3.24 Å². The van der Waals surface area contributed by atoms with Gasteiger partial charge in [-0.05, 0) is 109 Å². The number of hydrogen-bond acceptors (Lipinski definition) is 2. The lowest BCUT2D eigenvalue weighted by molar-refractivity contribution is 0.632. The molecule has 1 unspecified atom stereocenters. The first-order valence-corrected chi connectivity index (χ1v) is 21.8. The van der Waals surface area contributed by atoms with Gasteiger partial charge in [0, 0.05) is 31.2 Å². The SMILES string of the molecule is CC1(C)c2cc(-c3ccccc3)ccc2N(c2cccc3c2-c2ccccc2C32c3ccccc3-c3ccc4c(sc5ccccc54)c32)c2ccc(-c3ccccc3)cc21. The average Bonchev–Trinajstić information content (AvgIpc) is 3.94. The van der Waals surface area contributed by atoms with Crippen molar-refractivity contribution in [3.63, 3.8) is 0 Å². The van der Waals surface area contributed by atoms with E-state index in [4.69, 9.17) is 0 Å². The first kappa shape index (κ1) is 33.9. The second-order valence-electron chi connectivity index (χ2n) is 17.2. The van der Waals surface area contributed by atoms with Gasteiger partial charge in [-0.25, -0.2) is 0 Å². The molecular weight excluding hydrogens is 743 g/mol. The molecule has 13 rings (SSSR count).